The molecule has 0 amide bonds. The van der Waals surface area contributed by atoms with Gasteiger partial charge in [0, 0.05) is 45.3 Å². The van der Waals surface area contributed by atoms with Crippen molar-refractivity contribution < 1.29 is 9.84 Å². The molecule has 2 rings (SSSR count). The van der Waals surface area contributed by atoms with E-state index in [1.54, 1.807) is 0 Å². The van der Waals surface area contributed by atoms with Crippen LogP contribution < -0.4 is 10.6 Å². The van der Waals surface area contributed by atoms with Gasteiger partial charge in [0.2, 0.25) is 0 Å². The van der Waals surface area contributed by atoms with E-state index >= 15 is 0 Å². The number of likely N-dealkylation sites (N-methyl/N-ethyl adjacent to an activating group) is 1. The largest absolute Gasteiger partial charge is 0.387 e. The normalized spacial score (nSPS) is 18.4. The number of hydrogen-bond acceptors (Lipinski definition) is 5. The van der Waals surface area contributed by atoms with Crippen LogP contribution in [0.15, 0.2) is 35.3 Å². The maximum atomic E-state index is 10.8. The first-order valence-corrected chi connectivity index (χ1v) is 10.7. The highest BCUT2D eigenvalue weighted by molar-refractivity contribution is 14.0. The minimum absolute atomic E-state index is 0. The Balaban J connectivity index is 0.00000450. The van der Waals surface area contributed by atoms with E-state index in [0.717, 1.165) is 51.9 Å². The highest BCUT2D eigenvalue weighted by Gasteiger charge is 2.25. The predicted molar refractivity (Wildman–Crippen MR) is 135 cm³/mol. The van der Waals surface area contributed by atoms with Gasteiger partial charge in [-0.05, 0) is 33.4 Å². The highest BCUT2D eigenvalue weighted by atomic mass is 127. The number of aliphatic hydroxyl groups is 1. The number of morpholine rings is 1. The fourth-order valence-electron chi connectivity index (χ4n) is 3.31. The Kier molecular flexibility index (Phi) is 12.8. The molecule has 30 heavy (non-hydrogen) atoms. The minimum Gasteiger partial charge on any atom is -0.387 e. The van der Waals surface area contributed by atoms with Crippen molar-refractivity contribution in [2.45, 2.75) is 39.0 Å². The number of aliphatic imine (C=N–C) groups is 1. The van der Waals surface area contributed by atoms with Crippen molar-refractivity contribution in [3.8, 4) is 0 Å². The number of halogens is 1. The summed E-state index contributed by atoms with van der Waals surface area (Å²) in [5.41, 5.74) is 0.441. The molecule has 1 aromatic rings. The Bertz CT molecular complexity index is 609. The summed E-state index contributed by atoms with van der Waals surface area (Å²) in [5.74, 6) is 0.745. The van der Waals surface area contributed by atoms with E-state index in [1.165, 1.54) is 5.56 Å². The smallest absolute Gasteiger partial charge is 0.191 e. The van der Waals surface area contributed by atoms with Crippen LogP contribution in [0.1, 0.15) is 26.3 Å². The molecule has 2 atom stereocenters. The molecule has 1 aromatic carbocycles. The topological polar surface area (TPSA) is 72.4 Å². The van der Waals surface area contributed by atoms with Crippen molar-refractivity contribution in [3.63, 3.8) is 0 Å². The van der Waals surface area contributed by atoms with Crippen LogP contribution in [0.5, 0.6) is 0 Å². The van der Waals surface area contributed by atoms with Crippen LogP contribution in [0.2, 0.25) is 0 Å². The molecule has 0 saturated carbocycles. The molecule has 3 N–H and O–H groups in total. The number of β-amino-alcohol motifs (C(OH)–C–C–N with tert-alkyl or cyclic N) is 1. The average molecular weight is 533 g/mol. The summed E-state index contributed by atoms with van der Waals surface area (Å²) in [6, 6.07) is 10.8. The molecule has 1 saturated heterocycles. The Hall–Kier alpha value is -0.940. The van der Waals surface area contributed by atoms with Gasteiger partial charge in [0.15, 0.2) is 5.96 Å². The number of ether oxygens (including phenoxy) is 1. The molecule has 7 nitrogen and oxygen atoms in total. The summed E-state index contributed by atoms with van der Waals surface area (Å²) in [6.07, 6.45) is 0. The SMILES string of the molecule is CCNC(=NCC(C)(O)CN1CCOCC1)NCC(C)N(C)Cc1ccccc1.I. The third kappa shape index (κ3) is 10.4. The van der Waals surface area contributed by atoms with Crippen molar-refractivity contribution >= 4 is 29.9 Å². The van der Waals surface area contributed by atoms with Gasteiger partial charge < -0.3 is 20.5 Å². The maximum Gasteiger partial charge on any atom is 0.191 e. The molecule has 2 unspecified atom stereocenters. The van der Waals surface area contributed by atoms with E-state index < -0.39 is 5.60 Å². The van der Waals surface area contributed by atoms with Crippen LogP contribution in [0.3, 0.4) is 0 Å². The van der Waals surface area contributed by atoms with E-state index in [1.807, 2.05) is 19.9 Å². The van der Waals surface area contributed by atoms with Crippen molar-refractivity contribution in [1.29, 1.82) is 0 Å². The van der Waals surface area contributed by atoms with Crippen LogP contribution in [0.4, 0.5) is 0 Å². The van der Waals surface area contributed by atoms with Crippen LogP contribution >= 0.6 is 24.0 Å². The molecule has 1 heterocycles. The Morgan fingerprint density at radius 2 is 1.93 bits per heavy atom. The van der Waals surface area contributed by atoms with Gasteiger partial charge >= 0.3 is 0 Å². The zero-order valence-corrected chi connectivity index (χ0v) is 21.3. The molecular formula is C22H40IN5O2. The minimum atomic E-state index is -0.866. The first kappa shape index (κ1) is 27.1. The van der Waals surface area contributed by atoms with Gasteiger partial charge in [-0.1, -0.05) is 30.3 Å². The van der Waals surface area contributed by atoms with Crippen LogP contribution in [0, 0.1) is 0 Å². The van der Waals surface area contributed by atoms with Gasteiger partial charge in [-0.25, -0.2) is 0 Å². The summed E-state index contributed by atoms with van der Waals surface area (Å²) < 4.78 is 5.38. The summed E-state index contributed by atoms with van der Waals surface area (Å²) in [5, 5.41) is 17.5. The fraction of sp³-hybridized carbons (Fsp3) is 0.682. The van der Waals surface area contributed by atoms with Crippen LogP contribution in [0.25, 0.3) is 0 Å². The van der Waals surface area contributed by atoms with Gasteiger partial charge in [-0.15, -0.1) is 24.0 Å². The quantitative estimate of drug-likeness (QED) is 0.242. The molecule has 0 spiro atoms. The number of nitrogens with one attached hydrogen (secondary N) is 2. The Morgan fingerprint density at radius 1 is 1.27 bits per heavy atom. The molecule has 0 bridgehead atoms. The molecule has 0 radical (unpaired) electrons. The molecule has 0 aromatic heterocycles. The molecule has 1 fully saturated rings. The average Bonchev–Trinajstić information content (AvgIpc) is 2.71. The van der Waals surface area contributed by atoms with E-state index in [9.17, 15) is 5.11 Å². The Morgan fingerprint density at radius 3 is 2.57 bits per heavy atom. The van der Waals surface area contributed by atoms with E-state index in [-0.39, 0.29) is 24.0 Å². The van der Waals surface area contributed by atoms with Gasteiger partial charge in [0.25, 0.3) is 0 Å². The lowest BCUT2D eigenvalue weighted by atomic mass is 10.1. The van der Waals surface area contributed by atoms with E-state index in [4.69, 9.17) is 4.74 Å². The molecule has 1 aliphatic rings. The lowest BCUT2D eigenvalue weighted by Gasteiger charge is -2.33. The van der Waals surface area contributed by atoms with Gasteiger partial charge in [0.05, 0.1) is 25.4 Å². The third-order valence-corrected chi connectivity index (χ3v) is 5.18. The summed E-state index contributed by atoms with van der Waals surface area (Å²) in [7, 11) is 2.14. The van der Waals surface area contributed by atoms with E-state index in [2.05, 4.69) is 63.7 Å². The second kappa shape index (κ2) is 14.2. The van der Waals surface area contributed by atoms with Crippen LogP contribution in [-0.2, 0) is 11.3 Å². The van der Waals surface area contributed by atoms with E-state index in [0.29, 0.717) is 19.1 Å². The fourth-order valence-corrected chi connectivity index (χ4v) is 3.31. The van der Waals surface area contributed by atoms with Gasteiger partial charge in [-0.3, -0.25) is 14.8 Å². The number of hydrogen-bond donors (Lipinski definition) is 3. The third-order valence-electron chi connectivity index (χ3n) is 5.18. The number of nitrogens with zero attached hydrogens (tertiary/aromatic N) is 3. The zero-order valence-electron chi connectivity index (χ0n) is 18.9. The summed E-state index contributed by atoms with van der Waals surface area (Å²) >= 11 is 0. The van der Waals surface area contributed by atoms with Crippen LogP contribution in [-0.4, -0.2) is 92.0 Å². The van der Waals surface area contributed by atoms with Crippen molar-refractivity contribution in [2.75, 3.05) is 59.5 Å². The van der Waals surface area contributed by atoms with Gasteiger partial charge in [-0.2, -0.15) is 0 Å². The highest BCUT2D eigenvalue weighted by Crippen LogP contribution is 2.09. The molecule has 172 valence electrons. The molecule has 8 heteroatoms. The monoisotopic (exact) mass is 533 g/mol. The predicted octanol–water partition coefficient (Wildman–Crippen LogP) is 1.76. The second-order valence-corrected chi connectivity index (χ2v) is 8.21. The molecular weight excluding hydrogens is 493 g/mol. The van der Waals surface area contributed by atoms with Crippen molar-refractivity contribution in [1.82, 2.24) is 20.4 Å². The Labute approximate surface area is 199 Å². The van der Waals surface area contributed by atoms with Crippen molar-refractivity contribution in [2.24, 2.45) is 4.99 Å². The number of rotatable bonds is 10. The number of benzene rings is 1. The lowest BCUT2D eigenvalue weighted by Crippen LogP contribution is -2.49. The second-order valence-electron chi connectivity index (χ2n) is 8.21. The number of guanidine groups is 1. The van der Waals surface area contributed by atoms with Gasteiger partial charge in [0.1, 0.15) is 0 Å². The maximum absolute atomic E-state index is 10.8. The molecule has 1 aliphatic heterocycles. The van der Waals surface area contributed by atoms with Crippen molar-refractivity contribution in [3.05, 3.63) is 35.9 Å². The lowest BCUT2D eigenvalue weighted by molar-refractivity contribution is -0.0180. The standard InChI is InChI=1S/C22H39N5O2.HI/c1-5-23-21(25-17-22(3,28)18-27-11-13-29-14-12-27)24-15-19(2)26(4)16-20-9-7-6-8-10-20;/h6-10,19,28H,5,11-18H2,1-4H3,(H2,23,24,25);1H. The zero-order chi connectivity index (χ0) is 21.1. The summed E-state index contributed by atoms with van der Waals surface area (Å²) in [4.78, 5) is 9.19. The molecule has 0 aliphatic carbocycles. The summed E-state index contributed by atoms with van der Waals surface area (Å²) in [6.45, 7) is 12.7. The first-order chi connectivity index (χ1) is 13.9. The first-order valence-electron chi connectivity index (χ1n) is 10.7.